The van der Waals surface area contributed by atoms with Crippen LogP contribution < -0.4 is 4.90 Å². The second kappa shape index (κ2) is 7.09. The van der Waals surface area contributed by atoms with Gasteiger partial charge in [-0.25, -0.2) is 0 Å². The number of hydrogen-bond acceptors (Lipinski definition) is 4. The molecule has 0 spiro atoms. The van der Waals surface area contributed by atoms with Gasteiger partial charge in [-0.15, -0.1) is 0 Å². The number of benzene rings is 1. The highest BCUT2D eigenvalue weighted by Gasteiger charge is 2.38. The van der Waals surface area contributed by atoms with Crippen LogP contribution in [0, 0.1) is 0 Å². The first-order valence-electron chi connectivity index (χ1n) is 9.24. The van der Waals surface area contributed by atoms with E-state index in [1.165, 1.54) is 17.9 Å². The maximum Gasteiger partial charge on any atom is 0.435 e. The number of aromatic nitrogens is 3. The minimum atomic E-state index is -4.43. The minimum Gasteiger partial charge on any atom is -0.368 e. The van der Waals surface area contributed by atoms with Crippen LogP contribution in [0.4, 0.5) is 18.9 Å². The van der Waals surface area contributed by atoms with Gasteiger partial charge >= 0.3 is 6.18 Å². The lowest BCUT2D eigenvalue weighted by atomic mass is 10.1. The first-order valence-corrected chi connectivity index (χ1v) is 9.24. The Hall–Kier alpha value is -2.61. The summed E-state index contributed by atoms with van der Waals surface area (Å²) < 4.78 is 41.0. The molecule has 3 heterocycles. The van der Waals surface area contributed by atoms with Crippen LogP contribution in [0.25, 0.3) is 10.8 Å². The molecule has 0 radical (unpaired) electrons. The summed E-state index contributed by atoms with van der Waals surface area (Å²) in [4.78, 5) is 8.57. The molecule has 28 heavy (non-hydrogen) atoms. The topological polar surface area (TPSA) is 37.2 Å². The van der Waals surface area contributed by atoms with Crippen molar-refractivity contribution in [3.63, 3.8) is 0 Å². The standard InChI is InChI=1S/C20H22F3N5/c1-14-11-28(18-5-3-4-15-10-24-7-6-17(15)18)9-8-27(14)13-16-12-26(2)25-19(16)20(21,22)23/h3-7,10,12,14H,8-9,11,13H2,1-2H3. The molecule has 3 aromatic rings. The van der Waals surface area contributed by atoms with Crippen molar-refractivity contribution in [2.75, 3.05) is 24.5 Å². The molecule has 1 aliphatic heterocycles. The van der Waals surface area contributed by atoms with E-state index in [0.29, 0.717) is 6.54 Å². The lowest BCUT2D eigenvalue weighted by Gasteiger charge is -2.41. The number of rotatable bonds is 3. The van der Waals surface area contributed by atoms with Crippen LogP contribution in [-0.4, -0.2) is 45.3 Å². The maximum atomic E-state index is 13.2. The monoisotopic (exact) mass is 389 g/mol. The normalized spacial score (nSPS) is 18.8. The van der Waals surface area contributed by atoms with Gasteiger partial charge in [0, 0.05) is 79.9 Å². The first-order chi connectivity index (χ1) is 13.3. The van der Waals surface area contributed by atoms with Gasteiger partial charge in [-0.05, 0) is 19.1 Å². The largest absolute Gasteiger partial charge is 0.435 e. The van der Waals surface area contributed by atoms with E-state index < -0.39 is 11.9 Å². The molecule has 4 rings (SSSR count). The molecule has 0 aliphatic carbocycles. The van der Waals surface area contributed by atoms with Gasteiger partial charge in [-0.3, -0.25) is 14.6 Å². The third-order valence-corrected chi connectivity index (χ3v) is 5.31. The predicted octanol–water partition coefficient (Wildman–Crippen LogP) is 3.70. The highest BCUT2D eigenvalue weighted by atomic mass is 19.4. The van der Waals surface area contributed by atoms with Gasteiger partial charge in [0.25, 0.3) is 0 Å². The summed E-state index contributed by atoms with van der Waals surface area (Å²) in [5, 5.41) is 5.84. The van der Waals surface area contributed by atoms with Crippen LogP contribution in [-0.2, 0) is 19.8 Å². The highest BCUT2D eigenvalue weighted by molar-refractivity contribution is 5.93. The van der Waals surface area contributed by atoms with Crippen LogP contribution in [0.2, 0.25) is 0 Å². The molecule has 1 unspecified atom stereocenters. The zero-order valence-electron chi connectivity index (χ0n) is 15.8. The summed E-state index contributed by atoms with van der Waals surface area (Å²) in [6, 6.07) is 8.27. The van der Waals surface area contributed by atoms with E-state index in [2.05, 4.69) is 32.9 Å². The second-order valence-corrected chi connectivity index (χ2v) is 7.31. The third-order valence-electron chi connectivity index (χ3n) is 5.31. The van der Waals surface area contributed by atoms with E-state index >= 15 is 0 Å². The average Bonchev–Trinajstić information content (AvgIpc) is 3.04. The number of fused-ring (bicyclic) bond motifs is 1. The predicted molar refractivity (Wildman–Crippen MR) is 102 cm³/mol. The van der Waals surface area contributed by atoms with Gasteiger partial charge in [0.1, 0.15) is 0 Å². The SMILES string of the molecule is CC1CN(c2cccc3cnccc23)CCN1Cc1cn(C)nc1C(F)(F)F. The fourth-order valence-electron chi connectivity index (χ4n) is 3.94. The van der Waals surface area contributed by atoms with Crippen molar-refractivity contribution >= 4 is 16.5 Å². The molecule has 2 aromatic heterocycles. The van der Waals surface area contributed by atoms with Gasteiger partial charge in [0.15, 0.2) is 5.69 Å². The third kappa shape index (κ3) is 3.56. The number of anilines is 1. The molecule has 5 nitrogen and oxygen atoms in total. The van der Waals surface area contributed by atoms with E-state index in [9.17, 15) is 13.2 Å². The molecule has 148 valence electrons. The Morgan fingerprint density at radius 2 is 2.00 bits per heavy atom. The zero-order valence-corrected chi connectivity index (χ0v) is 15.8. The Morgan fingerprint density at radius 1 is 1.18 bits per heavy atom. The smallest absolute Gasteiger partial charge is 0.368 e. The molecule has 8 heteroatoms. The van der Waals surface area contributed by atoms with E-state index in [1.807, 2.05) is 24.4 Å². The van der Waals surface area contributed by atoms with Crippen molar-refractivity contribution < 1.29 is 13.2 Å². The molecule has 0 saturated carbocycles. The van der Waals surface area contributed by atoms with Crippen molar-refractivity contribution in [2.45, 2.75) is 25.7 Å². The van der Waals surface area contributed by atoms with Crippen molar-refractivity contribution in [1.29, 1.82) is 0 Å². The fraction of sp³-hybridized carbons (Fsp3) is 0.400. The van der Waals surface area contributed by atoms with Crippen molar-refractivity contribution in [1.82, 2.24) is 19.7 Å². The van der Waals surface area contributed by atoms with Crippen LogP contribution in [0.5, 0.6) is 0 Å². The Morgan fingerprint density at radius 3 is 2.75 bits per heavy atom. The molecule has 1 atom stereocenters. The summed E-state index contributed by atoms with van der Waals surface area (Å²) >= 11 is 0. The lowest BCUT2D eigenvalue weighted by Crippen LogP contribution is -2.51. The molecule has 1 aromatic carbocycles. The van der Waals surface area contributed by atoms with E-state index in [0.717, 1.165) is 29.5 Å². The Kier molecular flexibility index (Phi) is 4.74. The van der Waals surface area contributed by atoms with E-state index in [4.69, 9.17) is 0 Å². The number of halogens is 3. The molecule has 1 fully saturated rings. The number of nitrogens with zero attached hydrogens (tertiary/aromatic N) is 5. The quantitative estimate of drug-likeness (QED) is 0.685. The van der Waals surface area contributed by atoms with Crippen molar-refractivity contribution in [3.05, 3.63) is 54.1 Å². The van der Waals surface area contributed by atoms with E-state index in [-0.39, 0.29) is 18.2 Å². The molecular weight excluding hydrogens is 367 g/mol. The Bertz CT molecular complexity index is 976. The first kappa shape index (κ1) is 18.7. The van der Waals surface area contributed by atoms with Gasteiger partial charge in [0.05, 0.1) is 0 Å². The highest BCUT2D eigenvalue weighted by Crippen LogP contribution is 2.32. The maximum absolute atomic E-state index is 13.2. The Balaban J connectivity index is 1.52. The van der Waals surface area contributed by atoms with Crippen LogP contribution >= 0.6 is 0 Å². The van der Waals surface area contributed by atoms with Gasteiger partial charge in [-0.1, -0.05) is 12.1 Å². The number of alkyl halides is 3. The van der Waals surface area contributed by atoms with Crippen molar-refractivity contribution in [2.24, 2.45) is 7.05 Å². The van der Waals surface area contributed by atoms with E-state index in [1.54, 1.807) is 6.20 Å². The Labute approximate surface area is 161 Å². The summed E-state index contributed by atoms with van der Waals surface area (Å²) in [6.07, 6.45) is 0.671. The zero-order chi connectivity index (χ0) is 19.9. The van der Waals surface area contributed by atoms with Gasteiger partial charge in [0.2, 0.25) is 0 Å². The number of pyridine rings is 1. The number of aryl methyl sites for hydroxylation is 1. The summed E-state index contributed by atoms with van der Waals surface area (Å²) in [5.41, 5.74) is 0.585. The minimum absolute atomic E-state index is 0.118. The van der Waals surface area contributed by atoms with Crippen LogP contribution in [0.15, 0.2) is 42.9 Å². The lowest BCUT2D eigenvalue weighted by molar-refractivity contribution is -0.142. The molecule has 0 bridgehead atoms. The average molecular weight is 389 g/mol. The van der Waals surface area contributed by atoms with Crippen LogP contribution in [0.3, 0.4) is 0 Å². The number of hydrogen-bond donors (Lipinski definition) is 0. The molecule has 0 amide bonds. The summed E-state index contributed by atoms with van der Waals surface area (Å²) in [6.45, 7) is 4.50. The molecule has 0 N–H and O–H groups in total. The van der Waals surface area contributed by atoms with Gasteiger partial charge < -0.3 is 4.90 Å². The van der Waals surface area contributed by atoms with Crippen molar-refractivity contribution in [3.8, 4) is 0 Å². The van der Waals surface area contributed by atoms with Crippen LogP contribution in [0.1, 0.15) is 18.2 Å². The van der Waals surface area contributed by atoms with Gasteiger partial charge in [-0.2, -0.15) is 18.3 Å². The molecule has 1 aliphatic rings. The molecule has 1 saturated heterocycles. The summed E-state index contributed by atoms with van der Waals surface area (Å²) in [7, 11) is 1.52. The summed E-state index contributed by atoms with van der Waals surface area (Å²) in [5.74, 6) is 0. The fourth-order valence-corrected chi connectivity index (χ4v) is 3.94. The second-order valence-electron chi connectivity index (χ2n) is 7.31. The molecular formula is C20H22F3N5. The number of piperazine rings is 1.